The number of carbonyl (C=O) groups excluding carboxylic acids is 1. The maximum Gasteiger partial charge on any atom is 0.216 e. The van der Waals surface area contributed by atoms with Gasteiger partial charge in [0.2, 0.25) is 5.91 Å². The lowest BCUT2D eigenvalue weighted by Crippen LogP contribution is -2.41. The number of rotatable bonds is 10. The molecular formula is C19H34IN5O. The quantitative estimate of drug-likeness (QED) is 0.210. The van der Waals surface area contributed by atoms with E-state index in [9.17, 15) is 4.79 Å². The molecule has 0 radical (unpaired) electrons. The van der Waals surface area contributed by atoms with Gasteiger partial charge in [-0.05, 0) is 32.9 Å². The molecule has 7 heteroatoms. The standard InChI is InChI=1S/C19H33N5O.HI/c1-5-20-19(23-14-13-21-17(3)25)22-12-11-16(2)24(4)15-18-9-7-6-8-10-18;/h6-10,16H,5,11-15H2,1-4H3,(H,21,25)(H2,20,22,23);1H. The van der Waals surface area contributed by atoms with E-state index in [2.05, 4.69) is 64.1 Å². The number of amides is 1. The second kappa shape index (κ2) is 14.8. The topological polar surface area (TPSA) is 68.8 Å². The molecule has 0 aliphatic carbocycles. The van der Waals surface area contributed by atoms with E-state index in [0.717, 1.165) is 32.0 Å². The molecular weight excluding hydrogens is 441 g/mol. The van der Waals surface area contributed by atoms with Crippen LogP contribution in [0.25, 0.3) is 0 Å². The zero-order chi connectivity index (χ0) is 18.5. The Morgan fingerprint density at radius 2 is 1.81 bits per heavy atom. The molecule has 1 atom stereocenters. The van der Waals surface area contributed by atoms with Crippen LogP contribution in [0.15, 0.2) is 35.3 Å². The summed E-state index contributed by atoms with van der Waals surface area (Å²) < 4.78 is 0. The minimum Gasteiger partial charge on any atom is -0.357 e. The van der Waals surface area contributed by atoms with Crippen molar-refractivity contribution in [2.75, 3.05) is 33.2 Å². The van der Waals surface area contributed by atoms with Crippen molar-refractivity contribution < 1.29 is 4.79 Å². The first-order chi connectivity index (χ1) is 12.0. The molecule has 148 valence electrons. The lowest BCUT2D eigenvalue weighted by atomic mass is 10.1. The largest absolute Gasteiger partial charge is 0.357 e. The van der Waals surface area contributed by atoms with Crippen LogP contribution in [0.1, 0.15) is 32.8 Å². The number of hydrogen-bond acceptors (Lipinski definition) is 3. The van der Waals surface area contributed by atoms with Gasteiger partial charge in [0.15, 0.2) is 5.96 Å². The highest BCUT2D eigenvalue weighted by Gasteiger charge is 2.09. The molecule has 1 unspecified atom stereocenters. The fraction of sp³-hybridized carbons (Fsp3) is 0.579. The SMILES string of the molecule is CCNC(=NCCC(C)N(C)Cc1ccccc1)NCCNC(C)=O.I. The van der Waals surface area contributed by atoms with Crippen molar-refractivity contribution in [1.29, 1.82) is 0 Å². The average molecular weight is 475 g/mol. The van der Waals surface area contributed by atoms with Crippen LogP contribution in [0, 0.1) is 0 Å². The minimum atomic E-state index is -0.0148. The second-order valence-corrected chi connectivity index (χ2v) is 6.21. The molecule has 0 aromatic heterocycles. The van der Waals surface area contributed by atoms with E-state index in [-0.39, 0.29) is 29.9 Å². The van der Waals surface area contributed by atoms with Crippen LogP contribution in [-0.4, -0.2) is 56.0 Å². The van der Waals surface area contributed by atoms with Gasteiger partial charge in [0.1, 0.15) is 0 Å². The summed E-state index contributed by atoms with van der Waals surface area (Å²) in [6.45, 7) is 9.57. The first-order valence-corrected chi connectivity index (χ1v) is 9.03. The summed E-state index contributed by atoms with van der Waals surface area (Å²) in [6, 6.07) is 11.0. The molecule has 3 N–H and O–H groups in total. The molecule has 0 spiro atoms. The number of hydrogen-bond donors (Lipinski definition) is 3. The molecule has 1 aromatic rings. The predicted octanol–water partition coefficient (Wildman–Crippen LogP) is 2.21. The number of nitrogens with one attached hydrogen (secondary N) is 3. The van der Waals surface area contributed by atoms with E-state index in [0.29, 0.717) is 19.1 Å². The van der Waals surface area contributed by atoms with Gasteiger partial charge in [-0.25, -0.2) is 0 Å². The highest BCUT2D eigenvalue weighted by molar-refractivity contribution is 14.0. The fourth-order valence-corrected chi connectivity index (χ4v) is 2.37. The Hall–Kier alpha value is -1.35. The van der Waals surface area contributed by atoms with Gasteiger partial charge < -0.3 is 16.0 Å². The third-order valence-electron chi connectivity index (χ3n) is 3.98. The van der Waals surface area contributed by atoms with Crippen LogP contribution < -0.4 is 16.0 Å². The average Bonchev–Trinajstić information content (AvgIpc) is 2.59. The van der Waals surface area contributed by atoms with Crippen molar-refractivity contribution in [3.63, 3.8) is 0 Å². The van der Waals surface area contributed by atoms with Crippen molar-refractivity contribution in [2.45, 2.75) is 39.8 Å². The third kappa shape index (κ3) is 11.3. The van der Waals surface area contributed by atoms with Gasteiger partial charge in [0.05, 0.1) is 0 Å². The summed E-state index contributed by atoms with van der Waals surface area (Å²) in [5.41, 5.74) is 1.33. The molecule has 0 fully saturated rings. The molecule has 1 rings (SSSR count). The predicted molar refractivity (Wildman–Crippen MR) is 120 cm³/mol. The lowest BCUT2D eigenvalue weighted by Gasteiger charge is -2.24. The van der Waals surface area contributed by atoms with Gasteiger partial charge in [0.25, 0.3) is 0 Å². The van der Waals surface area contributed by atoms with E-state index >= 15 is 0 Å². The summed E-state index contributed by atoms with van der Waals surface area (Å²) in [4.78, 5) is 17.8. The Morgan fingerprint density at radius 3 is 2.42 bits per heavy atom. The van der Waals surface area contributed by atoms with E-state index < -0.39 is 0 Å². The molecule has 6 nitrogen and oxygen atoms in total. The van der Waals surface area contributed by atoms with Crippen LogP contribution in [-0.2, 0) is 11.3 Å². The zero-order valence-corrected chi connectivity index (χ0v) is 18.7. The van der Waals surface area contributed by atoms with E-state index in [1.807, 2.05) is 13.0 Å². The molecule has 0 heterocycles. The van der Waals surface area contributed by atoms with Gasteiger partial charge in [0, 0.05) is 45.7 Å². The van der Waals surface area contributed by atoms with Crippen LogP contribution in [0.4, 0.5) is 0 Å². The first-order valence-electron chi connectivity index (χ1n) is 9.03. The normalized spacial score (nSPS) is 12.3. The first kappa shape index (κ1) is 24.7. The Kier molecular flexibility index (Phi) is 14.0. The Labute approximate surface area is 175 Å². The molecule has 0 aliphatic heterocycles. The number of carbonyl (C=O) groups is 1. The smallest absolute Gasteiger partial charge is 0.216 e. The maximum atomic E-state index is 10.9. The Balaban J connectivity index is 0.00000625. The highest BCUT2D eigenvalue weighted by atomic mass is 127. The molecule has 1 aromatic carbocycles. The van der Waals surface area contributed by atoms with E-state index in [1.165, 1.54) is 12.5 Å². The number of aliphatic imine (C=N–C) groups is 1. The zero-order valence-electron chi connectivity index (χ0n) is 16.4. The van der Waals surface area contributed by atoms with Crippen molar-refractivity contribution in [3.8, 4) is 0 Å². The summed E-state index contributed by atoms with van der Waals surface area (Å²) >= 11 is 0. The van der Waals surface area contributed by atoms with E-state index in [4.69, 9.17) is 0 Å². The van der Waals surface area contributed by atoms with Crippen molar-refractivity contribution in [2.24, 2.45) is 4.99 Å². The van der Waals surface area contributed by atoms with Crippen LogP contribution >= 0.6 is 24.0 Å². The van der Waals surface area contributed by atoms with Crippen molar-refractivity contribution >= 4 is 35.8 Å². The summed E-state index contributed by atoms with van der Waals surface area (Å²) in [6.07, 6.45) is 0.992. The Morgan fingerprint density at radius 1 is 1.15 bits per heavy atom. The van der Waals surface area contributed by atoms with Crippen LogP contribution in [0.2, 0.25) is 0 Å². The molecule has 1 amide bonds. The van der Waals surface area contributed by atoms with Gasteiger partial charge in [-0.15, -0.1) is 24.0 Å². The van der Waals surface area contributed by atoms with Gasteiger partial charge in [-0.1, -0.05) is 30.3 Å². The highest BCUT2D eigenvalue weighted by Crippen LogP contribution is 2.08. The van der Waals surface area contributed by atoms with Crippen LogP contribution in [0.5, 0.6) is 0 Å². The summed E-state index contributed by atoms with van der Waals surface area (Å²) in [5, 5.41) is 9.22. The number of halogens is 1. The van der Waals surface area contributed by atoms with Crippen LogP contribution in [0.3, 0.4) is 0 Å². The van der Waals surface area contributed by atoms with Gasteiger partial charge in [-0.2, -0.15) is 0 Å². The minimum absolute atomic E-state index is 0. The second-order valence-electron chi connectivity index (χ2n) is 6.21. The molecule has 0 saturated heterocycles. The number of nitrogens with zero attached hydrogens (tertiary/aromatic N) is 2. The molecule has 0 bridgehead atoms. The van der Waals surface area contributed by atoms with Crippen molar-refractivity contribution in [3.05, 3.63) is 35.9 Å². The maximum absolute atomic E-state index is 10.9. The van der Waals surface area contributed by atoms with Gasteiger partial charge in [-0.3, -0.25) is 14.7 Å². The third-order valence-corrected chi connectivity index (χ3v) is 3.98. The summed E-state index contributed by atoms with van der Waals surface area (Å²) in [5.74, 6) is 0.782. The Bertz CT molecular complexity index is 524. The molecule has 0 aliphatic rings. The molecule has 26 heavy (non-hydrogen) atoms. The van der Waals surface area contributed by atoms with E-state index in [1.54, 1.807) is 0 Å². The number of guanidine groups is 1. The summed E-state index contributed by atoms with van der Waals surface area (Å²) in [7, 11) is 2.15. The lowest BCUT2D eigenvalue weighted by molar-refractivity contribution is -0.118. The number of benzene rings is 1. The molecule has 0 saturated carbocycles. The monoisotopic (exact) mass is 475 g/mol. The van der Waals surface area contributed by atoms with Crippen molar-refractivity contribution in [1.82, 2.24) is 20.9 Å². The van der Waals surface area contributed by atoms with Gasteiger partial charge >= 0.3 is 0 Å². The fourth-order valence-electron chi connectivity index (χ4n) is 2.37.